The Labute approximate surface area is 411 Å². The number of benzene rings is 2. The number of nitrogens with one attached hydrogen (secondary N) is 1. The Kier molecular flexibility index (Phi) is 19.5. The summed E-state index contributed by atoms with van der Waals surface area (Å²) in [7, 11) is 5.25. The summed E-state index contributed by atoms with van der Waals surface area (Å²) in [5.74, 6) is -3.01. The molecule has 3 heterocycles. The third-order valence-electron chi connectivity index (χ3n) is 14.6. The topological polar surface area (TPSA) is 209 Å². The standard InChI is InChI=1S/C50H80IN3O13/c1-28-25-48(7,60)44(66-46-40(56)37(53(10)11)22-29(2)63-46)30(3)41(65-39-26-49(8,62-12)43(58)33(6)64-39)31(4)45(59)67-47(51)50(9,61)42(57)32(5)54(27-28)21-15-20-52-38(55)24-34-18-19-35-16-13-14-17-36(35)23-34/h13-14,16-19,23,28-33,37,39-44,46-47,56-58,60-61H,15,20-22,24-27H2,1-12H3,(H,52,55)/t28-,29-,30+,31-,32-,33+,37+,39+,40-,41+,42-,43+,44-,46+,47+,48-,49-,50+/m1/s1. The van der Waals surface area contributed by atoms with Crippen molar-refractivity contribution < 1.29 is 63.5 Å². The van der Waals surface area contributed by atoms with Gasteiger partial charge >= 0.3 is 5.97 Å². The number of aliphatic hydroxyl groups excluding tert-OH is 3. The number of amides is 1. The molecule has 18 atom stereocenters. The number of carbonyl (C=O) groups excluding carboxylic acids is 2. The van der Waals surface area contributed by atoms with E-state index in [1.165, 1.54) is 14.0 Å². The van der Waals surface area contributed by atoms with Gasteiger partial charge in [0.15, 0.2) is 16.7 Å². The van der Waals surface area contributed by atoms with E-state index in [1.807, 2.05) is 103 Å². The van der Waals surface area contributed by atoms with Gasteiger partial charge in [-0.25, -0.2) is 0 Å². The quantitative estimate of drug-likeness (QED) is 0.0764. The highest BCUT2D eigenvalue weighted by Gasteiger charge is 2.53. The first kappa shape index (κ1) is 55.8. The molecule has 1 amide bonds. The Morgan fingerprint density at radius 2 is 1.61 bits per heavy atom. The Morgan fingerprint density at radius 1 is 0.940 bits per heavy atom. The van der Waals surface area contributed by atoms with Gasteiger partial charge in [0.05, 0.1) is 48.0 Å². The second-order valence-corrected chi connectivity index (χ2v) is 21.8. The van der Waals surface area contributed by atoms with Crippen LogP contribution < -0.4 is 5.32 Å². The van der Waals surface area contributed by atoms with Crippen LogP contribution in [0.4, 0.5) is 0 Å². The lowest BCUT2D eigenvalue weighted by Crippen LogP contribution is -2.60. The minimum atomic E-state index is -1.93. The molecule has 0 radical (unpaired) electrons. The second kappa shape index (κ2) is 23.4. The number of hydrogen-bond donors (Lipinski definition) is 6. The number of likely N-dealkylation sites (N-methyl/N-ethyl adjacent to an activating group) is 1. The SMILES string of the molecule is CO[C@]1(C)C[C@H](O[C@H]2[C@H](C)[C@@H](O[C@@H]3O[C@H](C)C[C@H](N(C)C)[C@H]3O)[C@](C)(O)C[C@@H](C)CN(CCCNC(=O)Cc3ccc4ccccc4c3)[C@H](C)[C@@H](O)[C@](C)(O)[C@@H](I)OC(=O)[C@@H]2C)O[C@@H](C)[C@@H]1O. The van der Waals surface area contributed by atoms with Crippen LogP contribution in [0.25, 0.3) is 10.8 Å². The molecule has 2 aromatic rings. The van der Waals surface area contributed by atoms with Crippen molar-refractivity contribution in [1.29, 1.82) is 0 Å². The molecule has 17 heteroatoms. The molecular formula is C50H80IN3O13. The van der Waals surface area contributed by atoms with Crippen LogP contribution in [-0.4, -0.2) is 176 Å². The van der Waals surface area contributed by atoms with Crippen LogP contribution in [-0.2, 0) is 44.4 Å². The van der Waals surface area contributed by atoms with Gasteiger partial charge in [-0.15, -0.1) is 0 Å². The number of hydrogen-bond acceptors (Lipinski definition) is 15. The lowest BCUT2D eigenvalue weighted by atomic mass is 9.77. The predicted molar refractivity (Wildman–Crippen MR) is 262 cm³/mol. The van der Waals surface area contributed by atoms with E-state index in [1.54, 1.807) is 41.5 Å². The van der Waals surface area contributed by atoms with Crippen LogP contribution in [0.3, 0.4) is 0 Å². The maximum atomic E-state index is 14.4. The molecule has 3 fully saturated rings. The van der Waals surface area contributed by atoms with Gasteiger partial charge in [0.2, 0.25) is 5.91 Å². The van der Waals surface area contributed by atoms with E-state index < -0.39 is 94.0 Å². The Balaban J connectivity index is 1.45. The molecule has 2 aromatic carbocycles. The zero-order chi connectivity index (χ0) is 49.8. The number of fused-ring (bicyclic) bond motifs is 1. The van der Waals surface area contributed by atoms with Gasteiger partial charge in [-0.1, -0.05) is 56.3 Å². The maximum Gasteiger partial charge on any atom is 0.312 e. The van der Waals surface area contributed by atoms with E-state index >= 15 is 0 Å². The van der Waals surface area contributed by atoms with Crippen molar-refractivity contribution in [2.45, 2.75) is 183 Å². The monoisotopic (exact) mass is 1060 g/mol. The number of esters is 1. The van der Waals surface area contributed by atoms with E-state index in [4.69, 9.17) is 28.4 Å². The van der Waals surface area contributed by atoms with Crippen LogP contribution >= 0.6 is 22.6 Å². The van der Waals surface area contributed by atoms with Crippen molar-refractivity contribution in [3.05, 3.63) is 48.0 Å². The highest BCUT2D eigenvalue weighted by Crippen LogP contribution is 2.40. The molecule has 5 rings (SSSR count). The molecule has 3 saturated heterocycles. The summed E-state index contributed by atoms with van der Waals surface area (Å²) in [4.78, 5) is 31.5. The molecule has 0 spiro atoms. The zero-order valence-electron chi connectivity index (χ0n) is 41.6. The number of aliphatic hydroxyl groups is 5. The smallest absolute Gasteiger partial charge is 0.312 e. The van der Waals surface area contributed by atoms with Gasteiger partial charge in [0.25, 0.3) is 0 Å². The summed E-state index contributed by atoms with van der Waals surface area (Å²) in [5, 5.41) is 64.8. The summed E-state index contributed by atoms with van der Waals surface area (Å²) in [6.07, 6.45) is -7.29. The van der Waals surface area contributed by atoms with Gasteiger partial charge in [0, 0.05) is 51.2 Å². The van der Waals surface area contributed by atoms with E-state index in [9.17, 15) is 35.1 Å². The molecule has 3 aliphatic heterocycles. The summed E-state index contributed by atoms with van der Waals surface area (Å²) < 4.78 is 36.6. The fraction of sp³-hybridized carbons (Fsp3) is 0.760. The Hall–Kier alpha value is -2.11. The molecule has 0 aromatic heterocycles. The molecule has 0 aliphatic carbocycles. The highest BCUT2D eigenvalue weighted by atomic mass is 127. The van der Waals surface area contributed by atoms with E-state index in [-0.39, 0.29) is 43.2 Å². The van der Waals surface area contributed by atoms with Crippen molar-refractivity contribution in [1.82, 2.24) is 15.1 Å². The number of cyclic esters (lactones) is 1. The minimum absolute atomic E-state index is 0.100. The fourth-order valence-corrected chi connectivity index (χ4v) is 11.0. The van der Waals surface area contributed by atoms with E-state index in [2.05, 4.69) is 5.32 Å². The average Bonchev–Trinajstić information content (AvgIpc) is 3.26. The van der Waals surface area contributed by atoms with Crippen LogP contribution in [0.5, 0.6) is 0 Å². The second-order valence-electron chi connectivity index (χ2n) is 20.7. The van der Waals surface area contributed by atoms with Gasteiger partial charge < -0.3 is 64.2 Å². The largest absolute Gasteiger partial charge is 0.448 e. The average molecular weight is 1060 g/mol. The van der Waals surface area contributed by atoms with Crippen molar-refractivity contribution in [3.63, 3.8) is 0 Å². The number of rotatable bonds is 12. The van der Waals surface area contributed by atoms with E-state index in [0.29, 0.717) is 32.5 Å². The number of carbonyl (C=O) groups is 2. The van der Waals surface area contributed by atoms with Crippen LogP contribution in [0.15, 0.2) is 42.5 Å². The normalized spacial score (nSPS) is 41.1. The van der Waals surface area contributed by atoms with Gasteiger partial charge in [-0.2, -0.15) is 0 Å². The van der Waals surface area contributed by atoms with Crippen LogP contribution in [0.2, 0.25) is 0 Å². The van der Waals surface area contributed by atoms with Crippen LogP contribution in [0, 0.1) is 17.8 Å². The molecule has 380 valence electrons. The summed E-state index contributed by atoms with van der Waals surface area (Å²) in [6.45, 7) is 16.8. The molecule has 0 bridgehead atoms. The molecular weight excluding hydrogens is 977 g/mol. The van der Waals surface area contributed by atoms with Crippen molar-refractivity contribution in [2.24, 2.45) is 17.8 Å². The summed E-state index contributed by atoms with van der Waals surface area (Å²) >= 11 is 1.83. The molecule has 0 saturated carbocycles. The molecule has 67 heavy (non-hydrogen) atoms. The number of methoxy groups -OCH3 is 1. The van der Waals surface area contributed by atoms with Crippen molar-refractivity contribution in [2.75, 3.05) is 40.8 Å². The lowest BCUT2D eigenvalue weighted by Gasteiger charge is -2.48. The first-order chi connectivity index (χ1) is 31.3. The number of nitrogens with zero attached hydrogens (tertiary/aromatic N) is 2. The van der Waals surface area contributed by atoms with Crippen molar-refractivity contribution >= 4 is 45.2 Å². The fourth-order valence-electron chi connectivity index (χ4n) is 10.4. The number of alkyl halides is 1. The summed E-state index contributed by atoms with van der Waals surface area (Å²) in [6, 6.07) is 13.0. The molecule has 16 nitrogen and oxygen atoms in total. The number of ether oxygens (including phenoxy) is 6. The lowest BCUT2D eigenvalue weighted by molar-refractivity contribution is -0.317. The number of halogens is 1. The minimum Gasteiger partial charge on any atom is -0.448 e. The van der Waals surface area contributed by atoms with Crippen LogP contribution in [0.1, 0.15) is 93.6 Å². The molecule has 3 aliphatic rings. The molecule has 6 N–H and O–H groups in total. The van der Waals surface area contributed by atoms with E-state index in [0.717, 1.165) is 16.3 Å². The maximum absolute atomic E-state index is 14.4. The summed E-state index contributed by atoms with van der Waals surface area (Å²) in [5.41, 5.74) is -3.74. The zero-order valence-corrected chi connectivity index (χ0v) is 43.8. The highest BCUT2D eigenvalue weighted by molar-refractivity contribution is 14.1. The third kappa shape index (κ3) is 13.7. The Morgan fingerprint density at radius 3 is 2.27 bits per heavy atom. The first-order valence-electron chi connectivity index (χ1n) is 23.9. The third-order valence-corrected chi connectivity index (χ3v) is 16.1. The molecule has 0 unspecified atom stereocenters. The van der Waals surface area contributed by atoms with Crippen molar-refractivity contribution in [3.8, 4) is 0 Å². The van der Waals surface area contributed by atoms with Gasteiger partial charge in [0.1, 0.15) is 23.9 Å². The Bertz CT molecular complexity index is 1920. The van der Waals surface area contributed by atoms with Gasteiger partial charge in [-0.3, -0.25) is 14.5 Å². The van der Waals surface area contributed by atoms with Gasteiger partial charge in [-0.05, 0) is 127 Å². The first-order valence-corrected chi connectivity index (χ1v) is 25.2. The predicted octanol–water partition coefficient (Wildman–Crippen LogP) is 4.16.